The summed E-state index contributed by atoms with van der Waals surface area (Å²) in [6.45, 7) is 0. The Bertz CT molecular complexity index is 949. The van der Waals surface area contributed by atoms with Crippen LogP contribution in [0, 0.1) is 0 Å². The third-order valence-corrected chi connectivity index (χ3v) is 5.90. The zero-order valence-electron chi connectivity index (χ0n) is 16.1. The molecule has 36 heavy (non-hydrogen) atoms. The van der Waals surface area contributed by atoms with E-state index >= 15 is 0 Å². The van der Waals surface area contributed by atoms with Crippen LogP contribution in [0.25, 0.3) is 0 Å². The molecule has 0 heterocycles. The number of halogens is 16. The Morgan fingerprint density at radius 3 is 0.861 bits per heavy atom. The first-order valence-corrected chi connectivity index (χ1v) is 8.50. The lowest BCUT2D eigenvalue weighted by Crippen LogP contribution is -2.85. The highest BCUT2D eigenvalue weighted by molar-refractivity contribution is 5.99. The van der Waals surface area contributed by atoms with Crippen molar-refractivity contribution in [2.75, 3.05) is 0 Å². The Morgan fingerprint density at radius 2 is 0.667 bits per heavy atom. The highest BCUT2D eigenvalue weighted by atomic mass is 19.3. The molecule has 2 fully saturated rings. The van der Waals surface area contributed by atoms with Gasteiger partial charge < -0.3 is 10.2 Å². The molecule has 2 aliphatic carbocycles. The lowest BCUT2D eigenvalue weighted by atomic mass is 9.61. The van der Waals surface area contributed by atoms with Crippen LogP contribution in [0.15, 0.2) is 0 Å². The number of carbonyl (C=O) groups is 3. The summed E-state index contributed by atoms with van der Waals surface area (Å²) < 4.78 is 226. The first-order chi connectivity index (χ1) is 15.5. The molecule has 0 amide bonds. The molecule has 0 saturated heterocycles. The number of alkyl halides is 16. The number of Topliss-reactive ketones (excluding diaryl/α,β-unsaturated/α-hetero) is 1. The molecule has 2 rings (SSSR count). The van der Waals surface area contributed by atoms with Gasteiger partial charge in [-0.2, -0.15) is 35.1 Å². The number of hydrogen-bond acceptors (Lipinski definition) is 3. The number of rotatable bonds is 4. The van der Waals surface area contributed by atoms with Crippen LogP contribution in [0.4, 0.5) is 70.2 Å². The van der Waals surface area contributed by atoms with Crippen molar-refractivity contribution in [3.8, 4) is 0 Å². The van der Waals surface area contributed by atoms with Crippen molar-refractivity contribution >= 4 is 17.7 Å². The van der Waals surface area contributed by atoms with Crippen LogP contribution in [0.1, 0.15) is 12.8 Å². The molecule has 0 aliphatic heterocycles. The summed E-state index contributed by atoms with van der Waals surface area (Å²) in [6, 6.07) is 0. The second kappa shape index (κ2) is 6.87. The van der Waals surface area contributed by atoms with E-state index in [-0.39, 0.29) is 0 Å². The molecule has 208 valence electrons. The van der Waals surface area contributed by atoms with Gasteiger partial charge in [0, 0.05) is 0 Å². The zero-order chi connectivity index (χ0) is 29.1. The highest BCUT2D eigenvalue weighted by Crippen LogP contribution is 2.69. The van der Waals surface area contributed by atoms with Crippen molar-refractivity contribution in [3.05, 3.63) is 0 Å². The van der Waals surface area contributed by atoms with Crippen molar-refractivity contribution in [2.24, 2.45) is 0 Å². The van der Waals surface area contributed by atoms with E-state index in [4.69, 9.17) is 10.2 Å². The summed E-state index contributed by atoms with van der Waals surface area (Å²) in [5.74, 6) is -57.6. The summed E-state index contributed by atoms with van der Waals surface area (Å²) in [5.41, 5.74) is -27.8. The molecule has 4 atom stereocenters. The molecule has 4 unspecified atom stereocenters. The molecular formula is C15H6F16O5. The van der Waals surface area contributed by atoms with Crippen LogP contribution < -0.4 is 0 Å². The summed E-state index contributed by atoms with van der Waals surface area (Å²) in [4.78, 5) is 33.1. The van der Waals surface area contributed by atoms with Gasteiger partial charge in [0.05, 0.1) is 12.8 Å². The van der Waals surface area contributed by atoms with Gasteiger partial charge >= 0.3 is 58.8 Å². The minimum Gasteiger partial charge on any atom is -0.479 e. The van der Waals surface area contributed by atoms with Gasteiger partial charge in [-0.1, -0.05) is 0 Å². The van der Waals surface area contributed by atoms with Crippen LogP contribution >= 0.6 is 0 Å². The van der Waals surface area contributed by atoms with E-state index in [0.29, 0.717) is 0 Å². The number of ketones is 1. The van der Waals surface area contributed by atoms with E-state index in [2.05, 4.69) is 0 Å². The third kappa shape index (κ3) is 2.63. The Balaban J connectivity index is 2.90. The average molecular weight is 570 g/mol. The first-order valence-electron chi connectivity index (χ1n) is 8.50. The largest absolute Gasteiger partial charge is 0.479 e. The van der Waals surface area contributed by atoms with Crippen molar-refractivity contribution in [2.45, 2.75) is 71.1 Å². The number of hydrogen-bond donors (Lipinski definition) is 2. The molecule has 0 spiro atoms. The predicted octanol–water partition coefficient (Wildman–Crippen LogP) is 4.18. The number of carbonyl (C=O) groups excluding carboxylic acids is 1. The number of aliphatic carboxylic acids is 2. The molecular weight excluding hydrogens is 564 g/mol. The summed E-state index contributed by atoms with van der Waals surface area (Å²) in [7, 11) is 0. The van der Waals surface area contributed by atoms with E-state index in [0.717, 1.165) is 0 Å². The Morgan fingerprint density at radius 1 is 0.444 bits per heavy atom. The van der Waals surface area contributed by atoms with Crippen LogP contribution in [0.2, 0.25) is 0 Å². The van der Waals surface area contributed by atoms with Crippen LogP contribution in [0.5, 0.6) is 0 Å². The molecule has 2 aliphatic rings. The minimum atomic E-state index is -7.70. The van der Waals surface area contributed by atoms with E-state index in [9.17, 15) is 84.6 Å². The topological polar surface area (TPSA) is 91.7 Å². The smallest absolute Gasteiger partial charge is 0.364 e. The van der Waals surface area contributed by atoms with E-state index in [1.165, 1.54) is 0 Å². The maximum Gasteiger partial charge on any atom is 0.364 e. The fourth-order valence-corrected chi connectivity index (χ4v) is 3.81. The van der Waals surface area contributed by atoms with Gasteiger partial charge in [-0.15, -0.1) is 0 Å². The summed E-state index contributed by atoms with van der Waals surface area (Å²) in [6.07, 6.45) is -8.63. The lowest BCUT2D eigenvalue weighted by molar-refractivity contribution is -0.391. The van der Waals surface area contributed by atoms with Crippen molar-refractivity contribution in [1.29, 1.82) is 0 Å². The van der Waals surface area contributed by atoms with Gasteiger partial charge in [0.15, 0.2) is 0 Å². The zero-order valence-corrected chi connectivity index (χ0v) is 16.1. The molecule has 21 heteroatoms. The number of carboxylic acids is 2. The second-order valence-electron chi connectivity index (χ2n) is 7.92. The molecule has 5 nitrogen and oxygen atoms in total. The van der Waals surface area contributed by atoms with E-state index in [1.807, 2.05) is 0 Å². The third-order valence-electron chi connectivity index (χ3n) is 5.90. The summed E-state index contributed by atoms with van der Waals surface area (Å²) in [5, 5.41) is 16.5. The van der Waals surface area contributed by atoms with Crippen LogP contribution in [-0.2, 0) is 14.4 Å². The molecule has 2 N–H and O–H groups in total. The Kier molecular flexibility index (Phi) is 5.67. The normalized spacial score (nSPS) is 41.8. The van der Waals surface area contributed by atoms with Gasteiger partial charge in [-0.3, -0.25) is 4.79 Å². The van der Waals surface area contributed by atoms with E-state index in [1.54, 1.807) is 0 Å². The molecule has 0 aromatic rings. The molecule has 0 bridgehead atoms. The maximum absolute atomic E-state index is 14.9. The summed E-state index contributed by atoms with van der Waals surface area (Å²) >= 11 is 0. The Hall–Kier alpha value is -2.51. The van der Waals surface area contributed by atoms with Crippen LogP contribution in [-0.4, -0.2) is 86.1 Å². The predicted molar refractivity (Wildman–Crippen MR) is 74.6 cm³/mol. The maximum atomic E-state index is 14.9. The van der Waals surface area contributed by atoms with Crippen LogP contribution in [0.3, 0.4) is 0 Å². The fourth-order valence-electron chi connectivity index (χ4n) is 3.81. The minimum absolute atomic E-state index is 4.17. The lowest BCUT2D eigenvalue weighted by Gasteiger charge is -2.53. The standard InChI is InChI=1S/C15H6F16O5/c16-6(1-8(18,19)10(22,4(33)34)14(28,29)12(6,24)25)3(32)7(17)2-9(20,21)11(23,5(35)36)15(30,31)13(7,26)27/h1-2H2,(H,33,34)(H,35,36). The van der Waals surface area contributed by atoms with Gasteiger partial charge in [0.2, 0.25) is 17.1 Å². The second-order valence-corrected chi connectivity index (χ2v) is 7.92. The SMILES string of the molecule is O=C(C1(F)CC(F)(F)C(F)(C(=O)O)C(F)(F)C1(F)F)C1(F)CC(F)(F)C(F)(C(=O)O)C(F)(F)C1(F)F. The van der Waals surface area contributed by atoms with Crippen molar-refractivity contribution < 1.29 is 94.8 Å². The molecule has 0 aromatic heterocycles. The quantitative estimate of drug-likeness (QED) is 0.496. The average Bonchev–Trinajstić information content (AvgIpc) is 2.67. The monoisotopic (exact) mass is 570 g/mol. The van der Waals surface area contributed by atoms with Gasteiger partial charge in [-0.25, -0.2) is 44.7 Å². The van der Waals surface area contributed by atoms with Gasteiger partial charge in [0.1, 0.15) is 0 Å². The highest BCUT2D eigenvalue weighted by Gasteiger charge is 2.99. The Labute approximate surface area is 185 Å². The molecule has 2 saturated carbocycles. The van der Waals surface area contributed by atoms with Crippen molar-refractivity contribution in [3.63, 3.8) is 0 Å². The van der Waals surface area contributed by atoms with Gasteiger partial charge in [0.25, 0.3) is 0 Å². The van der Waals surface area contributed by atoms with Gasteiger partial charge in [-0.05, 0) is 0 Å². The molecule has 0 aromatic carbocycles. The first kappa shape index (κ1) is 29.7. The van der Waals surface area contributed by atoms with Crippen molar-refractivity contribution in [1.82, 2.24) is 0 Å². The number of carboxylic acid groups (broad SMARTS) is 2. The fraction of sp³-hybridized carbons (Fsp3) is 0.800. The van der Waals surface area contributed by atoms with E-state index < -0.39 is 88.8 Å². The molecule has 0 radical (unpaired) electrons.